The standard InChI is InChI=1S/C18H32N2O5/c1-5-6-9-19-15(21)12-14(16(22)23)13-7-10-20(11-8-13)17(24)25-18(2,3)4/h13-14H,5-12H2,1-4H3,(H,19,21)(H,22,23). The van der Waals surface area contributed by atoms with Gasteiger partial charge in [-0.3, -0.25) is 9.59 Å². The summed E-state index contributed by atoms with van der Waals surface area (Å²) >= 11 is 0. The fourth-order valence-corrected chi connectivity index (χ4v) is 2.94. The van der Waals surface area contributed by atoms with E-state index in [0.29, 0.717) is 32.5 Å². The molecule has 0 aromatic rings. The van der Waals surface area contributed by atoms with Crippen LogP contribution in [0.25, 0.3) is 0 Å². The Kier molecular flexibility index (Phi) is 8.19. The molecular formula is C18H32N2O5. The fraction of sp³-hybridized carbons (Fsp3) is 0.833. The van der Waals surface area contributed by atoms with E-state index in [1.54, 1.807) is 4.90 Å². The highest BCUT2D eigenvalue weighted by Gasteiger charge is 2.35. The summed E-state index contributed by atoms with van der Waals surface area (Å²) in [6.45, 7) is 8.98. The minimum Gasteiger partial charge on any atom is -0.481 e. The molecule has 1 aliphatic rings. The van der Waals surface area contributed by atoms with Crippen LogP contribution in [0.5, 0.6) is 0 Å². The second kappa shape index (κ2) is 9.63. The predicted molar refractivity (Wildman–Crippen MR) is 94.2 cm³/mol. The van der Waals surface area contributed by atoms with E-state index in [1.165, 1.54) is 0 Å². The molecule has 1 heterocycles. The summed E-state index contributed by atoms with van der Waals surface area (Å²) in [5.74, 6) is -1.97. The maximum atomic E-state index is 12.1. The van der Waals surface area contributed by atoms with E-state index in [0.717, 1.165) is 12.8 Å². The van der Waals surface area contributed by atoms with Gasteiger partial charge in [-0.1, -0.05) is 13.3 Å². The highest BCUT2D eigenvalue weighted by Crippen LogP contribution is 2.28. The van der Waals surface area contributed by atoms with Crippen molar-refractivity contribution in [3.05, 3.63) is 0 Å². The van der Waals surface area contributed by atoms with Crippen molar-refractivity contribution in [3.8, 4) is 0 Å². The van der Waals surface area contributed by atoms with Crippen molar-refractivity contribution in [2.75, 3.05) is 19.6 Å². The molecular weight excluding hydrogens is 324 g/mol. The summed E-state index contributed by atoms with van der Waals surface area (Å²) in [6.07, 6.45) is 2.63. The van der Waals surface area contributed by atoms with Crippen LogP contribution in [-0.2, 0) is 14.3 Å². The zero-order valence-electron chi connectivity index (χ0n) is 15.8. The molecule has 2 N–H and O–H groups in total. The predicted octanol–water partition coefficient (Wildman–Crippen LogP) is 2.64. The van der Waals surface area contributed by atoms with Gasteiger partial charge in [-0.25, -0.2) is 4.79 Å². The van der Waals surface area contributed by atoms with Gasteiger partial charge in [0, 0.05) is 26.1 Å². The number of piperidine rings is 1. The lowest BCUT2D eigenvalue weighted by molar-refractivity contribution is -0.146. The molecule has 0 radical (unpaired) electrons. The van der Waals surface area contributed by atoms with Crippen LogP contribution in [-0.4, -0.2) is 53.2 Å². The quantitative estimate of drug-likeness (QED) is 0.684. The molecule has 1 unspecified atom stereocenters. The fourth-order valence-electron chi connectivity index (χ4n) is 2.94. The Balaban J connectivity index is 2.52. The number of carboxylic acid groups (broad SMARTS) is 1. The van der Waals surface area contributed by atoms with E-state index in [4.69, 9.17) is 4.74 Å². The Bertz CT molecular complexity index is 465. The molecule has 2 amide bonds. The molecule has 1 aliphatic heterocycles. The number of rotatable bonds is 7. The van der Waals surface area contributed by atoms with Gasteiger partial charge in [0.15, 0.2) is 0 Å². The molecule has 7 nitrogen and oxygen atoms in total. The first-order valence-electron chi connectivity index (χ1n) is 9.11. The van der Waals surface area contributed by atoms with Gasteiger partial charge >= 0.3 is 12.1 Å². The highest BCUT2D eigenvalue weighted by atomic mass is 16.6. The zero-order chi connectivity index (χ0) is 19.0. The molecule has 0 aromatic carbocycles. The number of carbonyl (C=O) groups excluding carboxylic acids is 2. The number of carboxylic acids is 1. The second-order valence-corrected chi connectivity index (χ2v) is 7.66. The average Bonchev–Trinajstić information content (AvgIpc) is 2.51. The van der Waals surface area contributed by atoms with E-state index in [9.17, 15) is 19.5 Å². The van der Waals surface area contributed by atoms with Gasteiger partial charge < -0.3 is 20.1 Å². The molecule has 0 bridgehead atoms. The second-order valence-electron chi connectivity index (χ2n) is 7.66. The molecule has 0 aromatic heterocycles. The summed E-state index contributed by atoms with van der Waals surface area (Å²) in [5.41, 5.74) is -0.548. The average molecular weight is 356 g/mol. The van der Waals surface area contributed by atoms with Gasteiger partial charge in [0.2, 0.25) is 5.91 Å². The minimum absolute atomic E-state index is 0.00382. The summed E-state index contributed by atoms with van der Waals surface area (Å²) in [4.78, 5) is 37.2. The van der Waals surface area contributed by atoms with Crippen molar-refractivity contribution in [2.24, 2.45) is 11.8 Å². The van der Waals surface area contributed by atoms with Gasteiger partial charge in [-0.2, -0.15) is 0 Å². The van der Waals surface area contributed by atoms with Gasteiger partial charge in [0.05, 0.1) is 5.92 Å². The molecule has 144 valence electrons. The van der Waals surface area contributed by atoms with Crippen LogP contribution in [0.1, 0.15) is 59.8 Å². The van der Waals surface area contributed by atoms with Crippen molar-refractivity contribution in [2.45, 2.75) is 65.4 Å². The molecule has 0 aliphatic carbocycles. The maximum absolute atomic E-state index is 12.1. The van der Waals surface area contributed by atoms with Crippen LogP contribution in [0, 0.1) is 11.8 Å². The Morgan fingerprint density at radius 1 is 1.24 bits per heavy atom. The summed E-state index contributed by atoms with van der Waals surface area (Å²) in [6, 6.07) is 0. The van der Waals surface area contributed by atoms with Crippen LogP contribution in [0.2, 0.25) is 0 Å². The third kappa shape index (κ3) is 7.75. The first-order chi connectivity index (χ1) is 11.6. The molecule has 25 heavy (non-hydrogen) atoms. The van der Waals surface area contributed by atoms with Crippen molar-refractivity contribution in [1.82, 2.24) is 10.2 Å². The van der Waals surface area contributed by atoms with E-state index in [-0.39, 0.29) is 24.3 Å². The third-order valence-corrected chi connectivity index (χ3v) is 4.34. The van der Waals surface area contributed by atoms with Crippen molar-refractivity contribution in [1.29, 1.82) is 0 Å². The Morgan fingerprint density at radius 2 is 1.84 bits per heavy atom. The molecule has 1 saturated heterocycles. The molecule has 1 rings (SSSR count). The highest BCUT2D eigenvalue weighted by molar-refractivity contribution is 5.82. The minimum atomic E-state index is -0.943. The number of nitrogens with zero attached hydrogens (tertiary/aromatic N) is 1. The van der Waals surface area contributed by atoms with E-state index < -0.39 is 17.5 Å². The topological polar surface area (TPSA) is 95.9 Å². The number of carbonyl (C=O) groups is 3. The Labute approximate surface area is 150 Å². The summed E-state index contributed by atoms with van der Waals surface area (Å²) < 4.78 is 5.35. The van der Waals surface area contributed by atoms with Crippen molar-refractivity contribution < 1.29 is 24.2 Å². The first kappa shape index (κ1) is 21.3. The van der Waals surface area contributed by atoms with E-state index in [2.05, 4.69) is 5.32 Å². The summed E-state index contributed by atoms with van der Waals surface area (Å²) in [7, 11) is 0. The van der Waals surface area contributed by atoms with Gasteiger partial charge in [0.1, 0.15) is 5.60 Å². The number of unbranched alkanes of at least 4 members (excludes halogenated alkanes) is 1. The molecule has 1 fully saturated rings. The number of aliphatic carboxylic acids is 1. The lowest BCUT2D eigenvalue weighted by Crippen LogP contribution is -2.44. The van der Waals surface area contributed by atoms with Crippen molar-refractivity contribution in [3.63, 3.8) is 0 Å². The van der Waals surface area contributed by atoms with Gasteiger partial charge in [0.25, 0.3) is 0 Å². The SMILES string of the molecule is CCCCNC(=O)CC(C(=O)O)C1CCN(C(=O)OC(C)(C)C)CC1. The van der Waals surface area contributed by atoms with Crippen LogP contribution < -0.4 is 5.32 Å². The normalized spacial score (nSPS) is 17.0. The number of ether oxygens (including phenoxy) is 1. The zero-order valence-corrected chi connectivity index (χ0v) is 15.8. The summed E-state index contributed by atoms with van der Waals surface area (Å²) in [5, 5.41) is 12.3. The Morgan fingerprint density at radius 3 is 2.32 bits per heavy atom. The molecule has 1 atom stereocenters. The molecule has 0 spiro atoms. The monoisotopic (exact) mass is 356 g/mol. The molecule has 0 saturated carbocycles. The van der Waals surface area contributed by atoms with Crippen LogP contribution in [0.3, 0.4) is 0 Å². The number of amides is 2. The number of likely N-dealkylation sites (tertiary alicyclic amines) is 1. The Hall–Kier alpha value is -1.79. The van der Waals surface area contributed by atoms with Crippen LogP contribution in [0.4, 0.5) is 4.79 Å². The number of hydrogen-bond donors (Lipinski definition) is 2. The first-order valence-corrected chi connectivity index (χ1v) is 9.11. The van der Waals surface area contributed by atoms with Gasteiger partial charge in [-0.05, 0) is 46.0 Å². The molecule has 7 heteroatoms. The largest absolute Gasteiger partial charge is 0.481 e. The lowest BCUT2D eigenvalue weighted by Gasteiger charge is -2.35. The van der Waals surface area contributed by atoms with Crippen LogP contribution >= 0.6 is 0 Å². The lowest BCUT2D eigenvalue weighted by atomic mass is 9.82. The van der Waals surface area contributed by atoms with E-state index in [1.807, 2.05) is 27.7 Å². The third-order valence-electron chi connectivity index (χ3n) is 4.34. The smallest absolute Gasteiger partial charge is 0.410 e. The number of nitrogens with one attached hydrogen (secondary N) is 1. The van der Waals surface area contributed by atoms with E-state index >= 15 is 0 Å². The van der Waals surface area contributed by atoms with Crippen molar-refractivity contribution >= 4 is 18.0 Å². The van der Waals surface area contributed by atoms with Crippen LogP contribution in [0.15, 0.2) is 0 Å². The van der Waals surface area contributed by atoms with Gasteiger partial charge in [-0.15, -0.1) is 0 Å². The maximum Gasteiger partial charge on any atom is 0.410 e. The number of hydrogen-bond acceptors (Lipinski definition) is 4.